The molecular formula is C10H10ClN. The van der Waals surface area contributed by atoms with Gasteiger partial charge in [0.25, 0.3) is 0 Å². The Hall–Kier alpha value is -0.950. The van der Waals surface area contributed by atoms with Crippen molar-refractivity contribution in [3.05, 3.63) is 35.6 Å². The number of nitrogens with zero attached hydrogens (tertiary/aromatic N) is 1. The van der Waals surface area contributed by atoms with E-state index in [1.165, 1.54) is 5.39 Å². The second-order valence-electron chi connectivity index (χ2n) is 2.79. The molecule has 0 aliphatic heterocycles. The summed E-state index contributed by atoms with van der Waals surface area (Å²) < 4.78 is 2.05. The zero-order valence-corrected chi connectivity index (χ0v) is 7.67. The quantitative estimate of drug-likeness (QED) is 0.633. The van der Waals surface area contributed by atoms with Gasteiger partial charge in [0.05, 0.1) is 0 Å². The smallest absolute Gasteiger partial charge is 0.116 e. The van der Waals surface area contributed by atoms with Gasteiger partial charge in [-0.2, -0.15) is 0 Å². The Morgan fingerprint density at radius 1 is 1.33 bits per heavy atom. The summed E-state index contributed by atoms with van der Waals surface area (Å²) >= 11 is 6.12. The molecule has 0 unspecified atom stereocenters. The highest BCUT2D eigenvalue weighted by Crippen LogP contribution is 2.24. The van der Waals surface area contributed by atoms with Gasteiger partial charge < -0.3 is 4.57 Å². The third-order valence-corrected chi connectivity index (χ3v) is 2.49. The van der Waals surface area contributed by atoms with Crippen LogP contribution in [0.3, 0.4) is 0 Å². The number of benzene rings is 1. The molecule has 0 aliphatic carbocycles. The second-order valence-corrected chi connectivity index (χ2v) is 3.15. The molecule has 0 bridgehead atoms. The average Bonchev–Trinajstić information content (AvgIpc) is 2.44. The molecule has 0 N–H and O–H groups in total. The first-order valence-corrected chi connectivity index (χ1v) is 4.44. The number of rotatable bonds is 1. The molecule has 1 nitrogen and oxygen atoms in total. The summed E-state index contributed by atoms with van der Waals surface area (Å²) in [6, 6.07) is 8.16. The molecule has 2 aromatic rings. The van der Waals surface area contributed by atoms with Crippen LogP contribution in [-0.4, -0.2) is 4.57 Å². The fourth-order valence-electron chi connectivity index (χ4n) is 1.41. The first kappa shape index (κ1) is 7.69. The van der Waals surface area contributed by atoms with Gasteiger partial charge in [0.1, 0.15) is 5.15 Å². The normalized spacial score (nSPS) is 10.8. The van der Waals surface area contributed by atoms with Gasteiger partial charge in [0, 0.05) is 23.5 Å². The maximum Gasteiger partial charge on any atom is 0.116 e. The fraction of sp³-hybridized carbons (Fsp3) is 0.200. The van der Waals surface area contributed by atoms with Crippen molar-refractivity contribution in [3.63, 3.8) is 0 Å². The van der Waals surface area contributed by atoms with Crippen LogP contribution >= 0.6 is 11.6 Å². The topological polar surface area (TPSA) is 4.93 Å². The van der Waals surface area contributed by atoms with Crippen molar-refractivity contribution in [2.75, 3.05) is 0 Å². The molecule has 2 heteroatoms. The van der Waals surface area contributed by atoms with E-state index >= 15 is 0 Å². The molecule has 0 saturated heterocycles. The monoisotopic (exact) mass is 179 g/mol. The zero-order chi connectivity index (χ0) is 8.55. The van der Waals surface area contributed by atoms with E-state index in [9.17, 15) is 0 Å². The van der Waals surface area contributed by atoms with Crippen molar-refractivity contribution in [2.24, 2.45) is 0 Å². The van der Waals surface area contributed by atoms with Gasteiger partial charge in [-0.15, -0.1) is 0 Å². The molecule has 0 spiro atoms. The largest absolute Gasteiger partial charge is 0.338 e. The minimum absolute atomic E-state index is 0.841. The summed E-state index contributed by atoms with van der Waals surface area (Å²) in [7, 11) is 0. The Labute approximate surface area is 76.6 Å². The lowest BCUT2D eigenvalue weighted by molar-refractivity contribution is 0.773. The van der Waals surface area contributed by atoms with Crippen molar-refractivity contribution in [2.45, 2.75) is 13.5 Å². The molecule has 0 amide bonds. The van der Waals surface area contributed by atoms with E-state index in [1.807, 2.05) is 22.8 Å². The number of aryl methyl sites for hydroxylation is 1. The molecule has 12 heavy (non-hydrogen) atoms. The van der Waals surface area contributed by atoms with Crippen LogP contribution in [0.4, 0.5) is 0 Å². The highest BCUT2D eigenvalue weighted by Gasteiger charge is 2.03. The fourth-order valence-corrected chi connectivity index (χ4v) is 1.75. The number of aromatic nitrogens is 1. The number of hydrogen-bond acceptors (Lipinski definition) is 0. The first-order valence-electron chi connectivity index (χ1n) is 4.06. The third kappa shape index (κ3) is 1.01. The minimum atomic E-state index is 0.841. The van der Waals surface area contributed by atoms with Crippen molar-refractivity contribution >= 4 is 22.4 Å². The van der Waals surface area contributed by atoms with Crippen molar-refractivity contribution in [1.29, 1.82) is 0 Å². The van der Waals surface area contributed by atoms with Crippen LogP contribution in [0, 0.1) is 0 Å². The van der Waals surface area contributed by atoms with Crippen LogP contribution in [0.15, 0.2) is 30.5 Å². The molecule has 0 fully saturated rings. The van der Waals surface area contributed by atoms with Gasteiger partial charge in [0.2, 0.25) is 0 Å². The van der Waals surface area contributed by atoms with Crippen LogP contribution in [0.5, 0.6) is 0 Å². The van der Waals surface area contributed by atoms with Crippen molar-refractivity contribution in [1.82, 2.24) is 4.57 Å². The van der Waals surface area contributed by atoms with Gasteiger partial charge in [-0.1, -0.05) is 35.9 Å². The number of halogens is 1. The summed E-state index contributed by atoms with van der Waals surface area (Å²) in [6.45, 7) is 3.01. The number of fused-ring (bicyclic) bond motifs is 1. The molecule has 2 rings (SSSR count). The van der Waals surface area contributed by atoms with E-state index in [0.717, 1.165) is 17.1 Å². The molecule has 0 radical (unpaired) electrons. The molecule has 0 aliphatic rings. The molecule has 1 heterocycles. The van der Waals surface area contributed by atoms with E-state index in [-0.39, 0.29) is 0 Å². The first-order chi connectivity index (χ1) is 5.83. The van der Waals surface area contributed by atoms with Crippen LogP contribution in [0.1, 0.15) is 6.92 Å². The van der Waals surface area contributed by atoms with Gasteiger partial charge >= 0.3 is 0 Å². The second kappa shape index (κ2) is 2.83. The molecular weight excluding hydrogens is 170 g/mol. The van der Waals surface area contributed by atoms with Gasteiger partial charge in [0.15, 0.2) is 0 Å². The maximum atomic E-state index is 6.12. The van der Waals surface area contributed by atoms with Crippen molar-refractivity contribution in [3.8, 4) is 0 Å². The van der Waals surface area contributed by atoms with Crippen LogP contribution in [0.2, 0.25) is 5.15 Å². The maximum absolute atomic E-state index is 6.12. The lowest BCUT2D eigenvalue weighted by Gasteiger charge is -1.96. The molecule has 1 aromatic carbocycles. The third-order valence-electron chi connectivity index (χ3n) is 2.07. The summed E-state index contributed by atoms with van der Waals surface area (Å²) in [6.07, 6.45) is 2.08. The highest BCUT2D eigenvalue weighted by atomic mass is 35.5. The van der Waals surface area contributed by atoms with Crippen LogP contribution < -0.4 is 0 Å². The Morgan fingerprint density at radius 3 is 2.75 bits per heavy atom. The summed E-state index contributed by atoms with van der Waals surface area (Å²) in [5, 5.41) is 3.19. The summed E-state index contributed by atoms with van der Waals surface area (Å²) in [5.74, 6) is 0. The Balaban J connectivity index is 2.78. The van der Waals surface area contributed by atoms with E-state index in [0.29, 0.717) is 0 Å². The van der Waals surface area contributed by atoms with Crippen LogP contribution in [-0.2, 0) is 6.54 Å². The zero-order valence-electron chi connectivity index (χ0n) is 6.92. The Kier molecular flexibility index (Phi) is 1.81. The van der Waals surface area contributed by atoms with Gasteiger partial charge in [-0.05, 0) is 6.92 Å². The Morgan fingerprint density at radius 2 is 2.08 bits per heavy atom. The average molecular weight is 180 g/mol. The van der Waals surface area contributed by atoms with E-state index in [4.69, 9.17) is 11.6 Å². The highest BCUT2D eigenvalue weighted by molar-refractivity contribution is 6.34. The molecule has 0 atom stereocenters. The Bertz CT molecular complexity index is 403. The summed E-state index contributed by atoms with van der Waals surface area (Å²) in [5.41, 5.74) is 0. The summed E-state index contributed by atoms with van der Waals surface area (Å²) in [4.78, 5) is 0. The molecule has 1 aromatic heterocycles. The minimum Gasteiger partial charge on any atom is -0.338 e. The van der Waals surface area contributed by atoms with E-state index in [1.54, 1.807) is 0 Å². The predicted molar refractivity (Wildman–Crippen MR) is 52.6 cm³/mol. The predicted octanol–water partition coefficient (Wildman–Crippen LogP) is 3.31. The van der Waals surface area contributed by atoms with E-state index in [2.05, 4.69) is 19.2 Å². The SMILES string of the molecule is CCn1cc2ccccc2c1Cl. The standard InChI is InChI=1S/C10H10ClN/c1-2-12-7-8-5-3-4-6-9(8)10(12)11/h3-7H,2H2,1H3. The van der Waals surface area contributed by atoms with Crippen molar-refractivity contribution < 1.29 is 0 Å². The van der Waals surface area contributed by atoms with E-state index < -0.39 is 0 Å². The van der Waals surface area contributed by atoms with Crippen LogP contribution in [0.25, 0.3) is 10.8 Å². The number of hydrogen-bond donors (Lipinski definition) is 0. The van der Waals surface area contributed by atoms with Gasteiger partial charge in [-0.25, -0.2) is 0 Å². The van der Waals surface area contributed by atoms with Gasteiger partial charge in [-0.3, -0.25) is 0 Å². The molecule has 62 valence electrons. The lowest BCUT2D eigenvalue weighted by Crippen LogP contribution is -1.89. The lowest BCUT2D eigenvalue weighted by atomic mass is 10.2. The molecule has 0 saturated carbocycles.